The van der Waals surface area contributed by atoms with E-state index in [1.807, 2.05) is 0 Å². The maximum absolute atomic E-state index is 5.72. The van der Waals surface area contributed by atoms with Gasteiger partial charge < -0.3 is 5.32 Å². The van der Waals surface area contributed by atoms with Gasteiger partial charge in [0.1, 0.15) is 6.04 Å². The lowest BCUT2D eigenvalue weighted by Gasteiger charge is -2.32. The van der Waals surface area contributed by atoms with Crippen molar-refractivity contribution in [2.75, 3.05) is 5.32 Å². The molecular formula is C43H33N3. The number of allylic oxidation sites excluding steroid dienone is 1. The minimum Gasteiger partial charge on any atom is -0.325 e. The fourth-order valence-corrected chi connectivity index (χ4v) is 8.62. The zero-order chi connectivity index (χ0) is 30.6. The van der Waals surface area contributed by atoms with E-state index in [-0.39, 0.29) is 11.5 Å². The first kappa shape index (κ1) is 25.9. The van der Waals surface area contributed by atoms with Crippen LogP contribution in [0.3, 0.4) is 0 Å². The van der Waals surface area contributed by atoms with E-state index in [9.17, 15) is 0 Å². The van der Waals surface area contributed by atoms with E-state index in [1.54, 1.807) is 0 Å². The number of nitrogens with zero attached hydrogens (tertiary/aromatic N) is 2. The molecule has 1 atom stereocenters. The highest BCUT2D eigenvalue weighted by Gasteiger charge is 2.42. The predicted octanol–water partition coefficient (Wildman–Crippen LogP) is 10.6. The third kappa shape index (κ3) is 3.46. The van der Waals surface area contributed by atoms with Crippen molar-refractivity contribution in [2.45, 2.75) is 38.1 Å². The van der Waals surface area contributed by atoms with E-state index in [4.69, 9.17) is 4.99 Å². The largest absolute Gasteiger partial charge is 0.325 e. The van der Waals surface area contributed by atoms with E-state index >= 15 is 0 Å². The normalized spacial score (nSPS) is 17.3. The molecule has 3 aliphatic rings. The minimum atomic E-state index is -0.160. The molecule has 1 N–H and O–H groups in total. The molecule has 220 valence electrons. The van der Waals surface area contributed by atoms with Gasteiger partial charge in [-0.1, -0.05) is 111 Å². The monoisotopic (exact) mass is 591 g/mol. The fourth-order valence-electron chi connectivity index (χ4n) is 8.62. The number of para-hydroxylation sites is 2. The van der Waals surface area contributed by atoms with Crippen molar-refractivity contribution in [3.05, 3.63) is 155 Å². The van der Waals surface area contributed by atoms with E-state index in [1.165, 1.54) is 66.1 Å². The van der Waals surface area contributed by atoms with Gasteiger partial charge in [0, 0.05) is 27.4 Å². The van der Waals surface area contributed by atoms with Gasteiger partial charge in [0.15, 0.2) is 0 Å². The molecule has 7 aromatic rings. The van der Waals surface area contributed by atoms with Crippen molar-refractivity contribution in [2.24, 2.45) is 4.99 Å². The van der Waals surface area contributed by atoms with Crippen molar-refractivity contribution < 1.29 is 0 Å². The molecule has 1 unspecified atom stereocenters. The Morgan fingerprint density at radius 3 is 2.41 bits per heavy atom. The van der Waals surface area contributed by atoms with E-state index in [0.29, 0.717) is 0 Å². The lowest BCUT2D eigenvalue weighted by molar-refractivity contribution is 0.642. The van der Waals surface area contributed by atoms with Gasteiger partial charge in [0.25, 0.3) is 0 Å². The third-order valence-corrected chi connectivity index (χ3v) is 10.7. The summed E-state index contributed by atoms with van der Waals surface area (Å²) in [6.07, 6.45) is 6.83. The number of hydrogen-bond acceptors (Lipinski definition) is 2. The third-order valence-electron chi connectivity index (χ3n) is 10.7. The average molecular weight is 592 g/mol. The lowest BCUT2D eigenvalue weighted by atomic mass is 9.75. The predicted molar refractivity (Wildman–Crippen MR) is 193 cm³/mol. The van der Waals surface area contributed by atoms with Gasteiger partial charge in [-0.3, -0.25) is 4.57 Å². The molecule has 0 fully saturated rings. The Hall–Kier alpha value is -5.41. The molecule has 0 bridgehead atoms. The van der Waals surface area contributed by atoms with E-state index in [0.717, 1.165) is 35.5 Å². The lowest BCUT2D eigenvalue weighted by Crippen LogP contribution is -2.28. The van der Waals surface area contributed by atoms with Crippen LogP contribution in [0.15, 0.2) is 126 Å². The molecule has 3 nitrogen and oxygen atoms in total. The van der Waals surface area contributed by atoms with E-state index in [2.05, 4.69) is 151 Å². The molecule has 3 heteroatoms. The summed E-state index contributed by atoms with van der Waals surface area (Å²) in [5.74, 6) is 0.862. The standard InChI is InChI=1S/C43H33N3/c1-43(2)35-20-10-7-18-31(35)39-29-16-6-5-15-28(29)24-34(40(39)43)41-32-19-8-11-21-36(32)44-42(45-41)46-37-22-12-9-17-30(37)33-23-26-13-3-4-14-27(26)25-38(33)46/h3-5,7-15,17-25,41H,6,16H2,1-2H3,(H,44,45). The van der Waals surface area contributed by atoms with Crippen LogP contribution in [0, 0.1) is 0 Å². The highest BCUT2D eigenvalue weighted by atomic mass is 15.2. The highest BCUT2D eigenvalue weighted by molar-refractivity contribution is 6.19. The zero-order valence-electron chi connectivity index (χ0n) is 26.0. The number of hydrogen-bond donors (Lipinski definition) is 1. The Morgan fingerprint density at radius 2 is 1.50 bits per heavy atom. The molecule has 0 saturated heterocycles. The Balaban J connectivity index is 1.28. The number of aliphatic imine (C=N–C) groups is 1. The Morgan fingerprint density at radius 1 is 0.739 bits per heavy atom. The SMILES string of the molecule is CC1(C)c2ccccc2-c2c3c(cc(C4N=C(n5c6ccccc6c6cc7ccccc7cc65)Nc5ccccc54)c21)C=CCC3. The van der Waals surface area contributed by atoms with Gasteiger partial charge in [0.2, 0.25) is 5.96 Å². The molecule has 0 saturated carbocycles. The van der Waals surface area contributed by atoms with Crippen molar-refractivity contribution >= 4 is 50.3 Å². The summed E-state index contributed by atoms with van der Waals surface area (Å²) in [6.45, 7) is 4.81. The summed E-state index contributed by atoms with van der Waals surface area (Å²) in [4.78, 5) is 5.72. The summed E-state index contributed by atoms with van der Waals surface area (Å²) in [5.41, 5.74) is 14.3. The van der Waals surface area contributed by atoms with Crippen LogP contribution in [0.2, 0.25) is 0 Å². The molecule has 1 aliphatic heterocycles. The molecule has 6 aromatic carbocycles. The number of nitrogens with one attached hydrogen (secondary N) is 1. The first-order chi connectivity index (χ1) is 22.6. The number of rotatable bonds is 1. The van der Waals surface area contributed by atoms with Crippen molar-refractivity contribution in [1.29, 1.82) is 0 Å². The second-order valence-corrected chi connectivity index (χ2v) is 13.5. The van der Waals surface area contributed by atoms with Crippen molar-refractivity contribution in [1.82, 2.24) is 4.57 Å². The Labute approximate surface area is 268 Å². The average Bonchev–Trinajstić information content (AvgIpc) is 3.55. The maximum Gasteiger partial charge on any atom is 0.208 e. The van der Waals surface area contributed by atoms with E-state index < -0.39 is 0 Å². The summed E-state index contributed by atoms with van der Waals surface area (Å²) < 4.78 is 2.35. The van der Waals surface area contributed by atoms with Gasteiger partial charge in [-0.15, -0.1) is 0 Å². The second-order valence-electron chi connectivity index (χ2n) is 13.5. The van der Waals surface area contributed by atoms with Crippen molar-refractivity contribution in [3.8, 4) is 11.1 Å². The molecule has 1 aromatic heterocycles. The summed E-state index contributed by atoms with van der Waals surface area (Å²) in [5, 5.41) is 8.75. The minimum absolute atomic E-state index is 0.140. The second kappa shape index (κ2) is 9.31. The first-order valence-electron chi connectivity index (χ1n) is 16.4. The molecule has 0 spiro atoms. The van der Waals surface area contributed by atoms with Crippen LogP contribution in [0.25, 0.3) is 49.8 Å². The molecule has 10 rings (SSSR count). The molecule has 0 radical (unpaired) electrons. The quantitative estimate of drug-likeness (QED) is 0.202. The van der Waals surface area contributed by atoms with Crippen molar-refractivity contribution in [3.63, 3.8) is 0 Å². The Bertz CT molecular complexity index is 2490. The molecular weight excluding hydrogens is 558 g/mol. The van der Waals surface area contributed by atoms with Gasteiger partial charge in [0.05, 0.1) is 11.0 Å². The summed E-state index contributed by atoms with van der Waals surface area (Å²) in [7, 11) is 0. The van der Waals surface area contributed by atoms with Crippen LogP contribution in [-0.4, -0.2) is 10.5 Å². The van der Waals surface area contributed by atoms with Gasteiger partial charge in [-0.2, -0.15) is 0 Å². The first-order valence-corrected chi connectivity index (χ1v) is 16.4. The molecule has 46 heavy (non-hydrogen) atoms. The number of benzene rings is 6. The van der Waals surface area contributed by atoms with Crippen LogP contribution in [0.4, 0.5) is 5.69 Å². The van der Waals surface area contributed by atoms with Crippen LogP contribution in [-0.2, 0) is 11.8 Å². The maximum atomic E-state index is 5.72. The van der Waals surface area contributed by atoms with Gasteiger partial charge >= 0.3 is 0 Å². The summed E-state index contributed by atoms with van der Waals surface area (Å²) >= 11 is 0. The fraction of sp³-hybridized carbons (Fsp3) is 0.140. The Kier molecular flexibility index (Phi) is 5.23. The smallest absolute Gasteiger partial charge is 0.208 e. The van der Waals surface area contributed by atoms with Crippen LogP contribution >= 0.6 is 0 Å². The molecule has 0 amide bonds. The number of aromatic nitrogens is 1. The molecule has 2 aliphatic carbocycles. The van der Waals surface area contributed by atoms with Gasteiger partial charge in [-0.05, 0) is 92.9 Å². The highest BCUT2D eigenvalue weighted by Crippen LogP contribution is 2.55. The van der Waals surface area contributed by atoms with Crippen LogP contribution in [0.5, 0.6) is 0 Å². The molecule has 2 heterocycles. The summed E-state index contributed by atoms with van der Waals surface area (Å²) in [6, 6.07) is 42.1. The number of anilines is 1. The van der Waals surface area contributed by atoms with Crippen LogP contribution < -0.4 is 5.32 Å². The topological polar surface area (TPSA) is 29.3 Å². The van der Waals surface area contributed by atoms with Gasteiger partial charge in [-0.25, -0.2) is 4.99 Å². The number of fused-ring (bicyclic) bond motifs is 10. The zero-order valence-corrected chi connectivity index (χ0v) is 26.0. The van der Waals surface area contributed by atoms with Crippen LogP contribution in [0.1, 0.15) is 59.7 Å².